The molecule has 0 aromatic rings. The lowest BCUT2D eigenvalue weighted by Gasteiger charge is -2.52. The van der Waals surface area contributed by atoms with E-state index >= 15 is 0 Å². The number of aliphatic carboxylic acids is 1. The van der Waals surface area contributed by atoms with E-state index in [1.807, 2.05) is 13.8 Å². The molecule has 5 atom stereocenters. The Bertz CT molecular complexity index is 665. The van der Waals surface area contributed by atoms with Crippen molar-refractivity contribution in [1.82, 2.24) is 0 Å². The van der Waals surface area contributed by atoms with E-state index in [-0.39, 0.29) is 11.7 Å². The molecule has 0 amide bonds. The van der Waals surface area contributed by atoms with E-state index in [9.17, 15) is 20.0 Å². The highest BCUT2D eigenvalue weighted by molar-refractivity contribution is 5.95. The summed E-state index contributed by atoms with van der Waals surface area (Å²) in [5, 5.41) is 19.9. The summed E-state index contributed by atoms with van der Waals surface area (Å²) < 4.78 is 0. The van der Waals surface area contributed by atoms with Gasteiger partial charge in [-0.1, -0.05) is 25.5 Å². The maximum atomic E-state index is 13.0. The largest absolute Gasteiger partial charge is 0.481 e. The number of carboxylic acid groups (broad SMARTS) is 1. The van der Waals surface area contributed by atoms with E-state index in [0.717, 1.165) is 24.0 Å². The standard InChI is InChI=1S/C20H28O5/c1-12(2)13-6-9-20(25-24)14(15(21)10-13)11-16-18(3,17(22)23)7-5-8-19(16,20)4/h10,14,16,24H,1,5-9,11H2,2-4H3,(H,22,23)/t14-,16-,18-,19-,20+/m0/s1. The number of carbonyl (C=O) groups is 2. The van der Waals surface area contributed by atoms with Crippen molar-refractivity contribution >= 4 is 11.8 Å². The Kier molecular flexibility index (Phi) is 4.24. The third-order valence-electron chi connectivity index (χ3n) is 7.56. The zero-order chi connectivity index (χ0) is 18.6. The van der Waals surface area contributed by atoms with Crippen LogP contribution in [0, 0.1) is 22.7 Å². The van der Waals surface area contributed by atoms with E-state index in [1.165, 1.54) is 0 Å². The lowest BCUT2D eigenvalue weighted by atomic mass is 9.53. The molecule has 0 aliphatic heterocycles. The number of carboxylic acids is 1. The van der Waals surface area contributed by atoms with Crippen molar-refractivity contribution < 1.29 is 24.8 Å². The molecule has 138 valence electrons. The van der Waals surface area contributed by atoms with Crippen LogP contribution in [0.1, 0.15) is 59.3 Å². The fourth-order valence-corrected chi connectivity index (χ4v) is 6.00. The Morgan fingerprint density at radius 1 is 1.32 bits per heavy atom. The van der Waals surface area contributed by atoms with Crippen molar-refractivity contribution in [3.63, 3.8) is 0 Å². The predicted molar refractivity (Wildman–Crippen MR) is 92.9 cm³/mol. The van der Waals surface area contributed by atoms with Crippen LogP contribution in [0.5, 0.6) is 0 Å². The van der Waals surface area contributed by atoms with Gasteiger partial charge in [-0.05, 0) is 63.5 Å². The Balaban J connectivity index is 2.12. The summed E-state index contributed by atoms with van der Waals surface area (Å²) in [5.74, 6) is -1.61. The first-order valence-electron chi connectivity index (χ1n) is 9.08. The number of carbonyl (C=O) groups excluding carboxylic acids is 1. The average Bonchev–Trinajstić information content (AvgIpc) is 2.71. The van der Waals surface area contributed by atoms with Gasteiger partial charge in [-0.15, -0.1) is 0 Å². The predicted octanol–water partition coefficient (Wildman–Crippen LogP) is 4.00. The maximum Gasteiger partial charge on any atom is 0.309 e. The summed E-state index contributed by atoms with van der Waals surface area (Å²) in [4.78, 5) is 30.2. The average molecular weight is 348 g/mol. The second kappa shape index (κ2) is 5.78. The summed E-state index contributed by atoms with van der Waals surface area (Å²) >= 11 is 0. The van der Waals surface area contributed by atoms with Gasteiger partial charge >= 0.3 is 5.97 Å². The van der Waals surface area contributed by atoms with E-state index in [1.54, 1.807) is 13.0 Å². The molecule has 25 heavy (non-hydrogen) atoms. The SMILES string of the molecule is C=C(C)C1=CC(=O)[C@@H]2C[C@@H]3[C@](C)(CCC[C@]3(C)C(=O)O)[C@@]2(OO)CC1. The number of allylic oxidation sites excluding steroid dienone is 3. The van der Waals surface area contributed by atoms with E-state index in [2.05, 4.69) is 6.58 Å². The van der Waals surface area contributed by atoms with Gasteiger partial charge in [0.1, 0.15) is 5.60 Å². The van der Waals surface area contributed by atoms with Crippen LogP contribution in [0.4, 0.5) is 0 Å². The van der Waals surface area contributed by atoms with Crippen molar-refractivity contribution in [1.29, 1.82) is 0 Å². The summed E-state index contributed by atoms with van der Waals surface area (Å²) in [6.45, 7) is 9.61. The highest BCUT2D eigenvalue weighted by atomic mass is 17.1. The Morgan fingerprint density at radius 2 is 2.00 bits per heavy atom. The van der Waals surface area contributed by atoms with Gasteiger partial charge in [0.05, 0.1) is 11.3 Å². The molecule has 0 aromatic carbocycles. The minimum absolute atomic E-state index is 0.0760. The van der Waals surface area contributed by atoms with Crippen LogP contribution in [0.3, 0.4) is 0 Å². The first kappa shape index (κ1) is 18.3. The normalized spacial score (nSPS) is 43.7. The summed E-state index contributed by atoms with van der Waals surface area (Å²) in [6, 6.07) is 0. The van der Waals surface area contributed by atoms with Crippen molar-refractivity contribution in [2.45, 2.75) is 64.9 Å². The van der Waals surface area contributed by atoms with Crippen LogP contribution in [-0.4, -0.2) is 27.7 Å². The lowest BCUT2D eigenvalue weighted by Crippen LogP contribution is -2.56. The van der Waals surface area contributed by atoms with Gasteiger partial charge in [0.2, 0.25) is 0 Å². The molecule has 3 aliphatic carbocycles. The Hall–Kier alpha value is -1.46. The van der Waals surface area contributed by atoms with Crippen LogP contribution in [0.2, 0.25) is 0 Å². The molecule has 2 saturated carbocycles. The number of hydrogen-bond donors (Lipinski definition) is 2. The monoisotopic (exact) mass is 348 g/mol. The molecule has 0 aromatic heterocycles. The van der Waals surface area contributed by atoms with Gasteiger partial charge < -0.3 is 5.11 Å². The molecule has 5 nitrogen and oxygen atoms in total. The van der Waals surface area contributed by atoms with Gasteiger partial charge in [0, 0.05) is 5.41 Å². The van der Waals surface area contributed by atoms with Gasteiger partial charge in [-0.2, -0.15) is 0 Å². The number of rotatable bonds is 3. The van der Waals surface area contributed by atoms with Crippen LogP contribution in [0.25, 0.3) is 0 Å². The third-order valence-corrected chi connectivity index (χ3v) is 7.56. The molecule has 3 aliphatic rings. The molecule has 2 N–H and O–H groups in total. The van der Waals surface area contributed by atoms with Gasteiger partial charge in [0.25, 0.3) is 0 Å². The van der Waals surface area contributed by atoms with Crippen molar-refractivity contribution in [2.24, 2.45) is 22.7 Å². The summed E-state index contributed by atoms with van der Waals surface area (Å²) in [7, 11) is 0. The first-order chi connectivity index (χ1) is 11.6. The summed E-state index contributed by atoms with van der Waals surface area (Å²) in [5.41, 5.74) is -0.730. The maximum absolute atomic E-state index is 13.0. The second-order valence-electron chi connectivity index (χ2n) is 8.67. The van der Waals surface area contributed by atoms with Gasteiger partial charge in [-0.3, -0.25) is 14.8 Å². The van der Waals surface area contributed by atoms with Crippen molar-refractivity contribution in [3.8, 4) is 0 Å². The van der Waals surface area contributed by atoms with Crippen molar-refractivity contribution in [3.05, 3.63) is 23.8 Å². The van der Waals surface area contributed by atoms with Gasteiger partial charge in [0.15, 0.2) is 5.78 Å². The quantitative estimate of drug-likeness (QED) is 0.595. The molecular weight excluding hydrogens is 320 g/mol. The molecule has 0 unspecified atom stereocenters. The smallest absolute Gasteiger partial charge is 0.309 e. The molecular formula is C20H28O5. The van der Waals surface area contributed by atoms with Crippen LogP contribution < -0.4 is 0 Å². The fraction of sp³-hybridized carbons (Fsp3) is 0.700. The zero-order valence-electron chi connectivity index (χ0n) is 15.3. The fourth-order valence-electron chi connectivity index (χ4n) is 6.00. The molecule has 0 saturated heterocycles. The molecule has 5 heteroatoms. The molecule has 0 heterocycles. The van der Waals surface area contributed by atoms with Crippen LogP contribution in [-0.2, 0) is 14.5 Å². The first-order valence-corrected chi connectivity index (χ1v) is 9.08. The molecule has 0 spiro atoms. The number of hydrogen-bond acceptors (Lipinski definition) is 4. The minimum atomic E-state index is -1.03. The highest BCUT2D eigenvalue weighted by Crippen LogP contribution is 2.68. The molecule has 3 rings (SSSR count). The molecule has 2 fully saturated rings. The van der Waals surface area contributed by atoms with Crippen LogP contribution in [0.15, 0.2) is 23.8 Å². The van der Waals surface area contributed by atoms with Gasteiger partial charge in [-0.25, -0.2) is 4.89 Å². The van der Waals surface area contributed by atoms with E-state index in [4.69, 9.17) is 4.89 Å². The third kappa shape index (κ3) is 2.28. The second-order valence-corrected chi connectivity index (χ2v) is 8.67. The topological polar surface area (TPSA) is 83.8 Å². The van der Waals surface area contributed by atoms with E-state index in [0.29, 0.717) is 25.7 Å². The van der Waals surface area contributed by atoms with E-state index < -0.39 is 28.3 Å². The molecule has 0 radical (unpaired) electrons. The Morgan fingerprint density at radius 3 is 2.56 bits per heavy atom. The molecule has 0 bridgehead atoms. The van der Waals surface area contributed by atoms with Crippen molar-refractivity contribution in [2.75, 3.05) is 0 Å². The summed E-state index contributed by atoms with van der Waals surface area (Å²) in [6.07, 6.45) is 5.28. The highest BCUT2D eigenvalue weighted by Gasteiger charge is 2.71. The van der Waals surface area contributed by atoms with Crippen LogP contribution >= 0.6 is 0 Å². The Labute approximate surface area is 148 Å². The minimum Gasteiger partial charge on any atom is -0.481 e. The number of fused-ring (bicyclic) bond motifs is 3. The number of ketones is 1. The zero-order valence-corrected chi connectivity index (χ0v) is 15.3. The lowest BCUT2D eigenvalue weighted by molar-refractivity contribution is -0.362.